The minimum Gasteiger partial charge on any atom is -0.495 e. The molecule has 0 aliphatic carbocycles. The number of pyridine rings is 1. The Morgan fingerprint density at radius 2 is 1.90 bits per heavy atom. The topological polar surface area (TPSA) is 39.2 Å². The van der Waals surface area contributed by atoms with Gasteiger partial charge in [-0.2, -0.15) is 13.2 Å². The lowest BCUT2D eigenvalue weighted by Crippen LogP contribution is -2.13. The fraction of sp³-hybridized carbons (Fsp3) is 0.143. The summed E-state index contributed by atoms with van der Waals surface area (Å²) in [5, 5.41) is 0. The Hall–Kier alpha value is -2.37. The van der Waals surface area contributed by atoms with Crippen molar-refractivity contribution in [1.29, 1.82) is 0 Å². The van der Waals surface area contributed by atoms with Gasteiger partial charge in [0.1, 0.15) is 5.75 Å². The lowest BCUT2D eigenvalue weighted by atomic mass is 9.99. The lowest BCUT2D eigenvalue weighted by molar-refractivity contribution is -0.137. The van der Waals surface area contributed by atoms with E-state index in [0.29, 0.717) is 5.75 Å². The van der Waals surface area contributed by atoms with Gasteiger partial charge in [-0.15, -0.1) is 0 Å². The molecule has 0 bridgehead atoms. The molecule has 2 aromatic rings. The fourth-order valence-corrected chi connectivity index (χ4v) is 1.74. The largest absolute Gasteiger partial charge is 0.495 e. The normalized spacial score (nSPS) is 11.2. The Labute approximate surface area is 113 Å². The molecule has 2 rings (SSSR count). The van der Waals surface area contributed by atoms with Gasteiger partial charge in [0.2, 0.25) is 0 Å². The summed E-state index contributed by atoms with van der Waals surface area (Å²) in [5.74, 6) is -0.440. The number of nitrogens with zero attached hydrogens (tertiary/aromatic N) is 1. The second-order valence-electron chi connectivity index (χ2n) is 3.99. The van der Waals surface area contributed by atoms with E-state index in [-0.39, 0.29) is 5.56 Å². The van der Waals surface area contributed by atoms with Crippen LogP contribution in [0, 0.1) is 0 Å². The molecule has 1 heterocycles. The molecule has 0 aliphatic heterocycles. The zero-order valence-corrected chi connectivity index (χ0v) is 10.4. The Balaban J connectivity index is 2.48. The Morgan fingerprint density at radius 3 is 2.55 bits per heavy atom. The number of ketones is 1. The molecule has 20 heavy (non-hydrogen) atoms. The van der Waals surface area contributed by atoms with Crippen LogP contribution in [0.4, 0.5) is 13.2 Å². The first-order valence-electron chi connectivity index (χ1n) is 5.63. The molecule has 0 fully saturated rings. The molecule has 0 saturated carbocycles. The van der Waals surface area contributed by atoms with Gasteiger partial charge in [-0.3, -0.25) is 9.78 Å². The monoisotopic (exact) mass is 281 g/mol. The van der Waals surface area contributed by atoms with Gasteiger partial charge in [0, 0.05) is 17.3 Å². The number of carbonyl (C=O) groups is 1. The average molecular weight is 281 g/mol. The second kappa shape index (κ2) is 5.32. The van der Waals surface area contributed by atoms with Gasteiger partial charge in [-0.25, -0.2) is 0 Å². The zero-order chi connectivity index (χ0) is 14.8. The van der Waals surface area contributed by atoms with E-state index in [9.17, 15) is 18.0 Å². The number of methoxy groups -OCH3 is 1. The van der Waals surface area contributed by atoms with E-state index in [4.69, 9.17) is 4.74 Å². The highest BCUT2D eigenvalue weighted by atomic mass is 19.4. The predicted octanol–water partition coefficient (Wildman–Crippen LogP) is 3.34. The van der Waals surface area contributed by atoms with Gasteiger partial charge < -0.3 is 4.74 Å². The number of aromatic nitrogens is 1. The van der Waals surface area contributed by atoms with Crippen LogP contribution in [0.2, 0.25) is 0 Å². The highest BCUT2D eigenvalue weighted by molar-refractivity contribution is 6.10. The van der Waals surface area contributed by atoms with Crippen molar-refractivity contribution < 1.29 is 22.7 Å². The predicted molar refractivity (Wildman–Crippen MR) is 65.7 cm³/mol. The summed E-state index contributed by atoms with van der Waals surface area (Å²) in [6, 6.07) is 5.99. The number of hydrogen-bond donors (Lipinski definition) is 0. The second-order valence-corrected chi connectivity index (χ2v) is 3.99. The summed E-state index contributed by atoms with van der Waals surface area (Å²) < 4.78 is 43.5. The molecule has 104 valence electrons. The van der Waals surface area contributed by atoms with Gasteiger partial charge in [0.25, 0.3) is 0 Å². The molecule has 0 saturated heterocycles. The van der Waals surface area contributed by atoms with Gasteiger partial charge in [-0.05, 0) is 12.1 Å². The fourth-order valence-electron chi connectivity index (χ4n) is 1.74. The Morgan fingerprint density at radius 1 is 1.20 bits per heavy atom. The van der Waals surface area contributed by atoms with Crippen LogP contribution in [0.25, 0.3) is 0 Å². The van der Waals surface area contributed by atoms with Crippen LogP contribution >= 0.6 is 0 Å². The molecule has 0 atom stereocenters. The molecule has 0 amide bonds. The lowest BCUT2D eigenvalue weighted by Gasteiger charge is -2.11. The number of ether oxygens (including phenoxy) is 1. The van der Waals surface area contributed by atoms with Gasteiger partial charge in [-0.1, -0.05) is 18.2 Å². The van der Waals surface area contributed by atoms with Crippen molar-refractivity contribution in [1.82, 2.24) is 4.98 Å². The van der Waals surface area contributed by atoms with Crippen molar-refractivity contribution in [3.05, 3.63) is 59.4 Å². The SMILES string of the molecule is COc1cncc(C(=O)c2ccccc2C(F)(F)F)c1. The summed E-state index contributed by atoms with van der Waals surface area (Å²) in [7, 11) is 1.38. The molecule has 1 aromatic carbocycles. The summed E-state index contributed by atoms with van der Waals surface area (Å²) in [6.07, 6.45) is -2.01. The molecule has 6 heteroatoms. The van der Waals surface area contributed by atoms with E-state index in [2.05, 4.69) is 4.98 Å². The summed E-state index contributed by atoms with van der Waals surface area (Å²) in [4.78, 5) is 16.0. The molecular weight excluding hydrogens is 271 g/mol. The minimum absolute atomic E-state index is 0.0426. The smallest absolute Gasteiger partial charge is 0.417 e. The van der Waals surface area contributed by atoms with E-state index < -0.39 is 23.1 Å². The van der Waals surface area contributed by atoms with Crippen molar-refractivity contribution >= 4 is 5.78 Å². The van der Waals surface area contributed by atoms with Crippen molar-refractivity contribution in [3.8, 4) is 5.75 Å². The highest BCUT2D eigenvalue weighted by Gasteiger charge is 2.35. The van der Waals surface area contributed by atoms with Crippen LogP contribution in [0.15, 0.2) is 42.7 Å². The zero-order valence-electron chi connectivity index (χ0n) is 10.4. The molecule has 0 radical (unpaired) electrons. The van der Waals surface area contributed by atoms with E-state index in [1.165, 1.54) is 37.7 Å². The van der Waals surface area contributed by atoms with Crippen LogP contribution in [0.3, 0.4) is 0 Å². The minimum atomic E-state index is -4.58. The average Bonchev–Trinajstić information content (AvgIpc) is 2.45. The number of carbonyl (C=O) groups excluding carboxylic acids is 1. The van der Waals surface area contributed by atoms with Crippen LogP contribution < -0.4 is 4.74 Å². The van der Waals surface area contributed by atoms with E-state index in [0.717, 1.165) is 12.1 Å². The summed E-state index contributed by atoms with van der Waals surface area (Å²) in [5.41, 5.74) is -1.33. The van der Waals surface area contributed by atoms with Crippen LogP contribution in [0.5, 0.6) is 5.75 Å². The maximum absolute atomic E-state index is 12.9. The first kappa shape index (κ1) is 14.0. The molecule has 1 aromatic heterocycles. The third-order valence-electron chi connectivity index (χ3n) is 2.69. The molecule has 0 aliphatic rings. The van der Waals surface area contributed by atoms with Crippen molar-refractivity contribution in [2.45, 2.75) is 6.18 Å². The summed E-state index contributed by atoms with van der Waals surface area (Å²) >= 11 is 0. The van der Waals surface area contributed by atoms with Crippen LogP contribution in [-0.2, 0) is 6.18 Å². The molecule has 3 nitrogen and oxygen atoms in total. The quantitative estimate of drug-likeness (QED) is 0.810. The number of rotatable bonds is 3. The van der Waals surface area contributed by atoms with Gasteiger partial charge in [0.05, 0.1) is 18.9 Å². The van der Waals surface area contributed by atoms with Crippen molar-refractivity contribution in [2.75, 3.05) is 7.11 Å². The molecule has 0 N–H and O–H groups in total. The first-order chi connectivity index (χ1) is 9.43. The number of hydrogen-bond acceptors (Lipinski definition) is 3. The van der Waals surface area contributed by atoms with Gasteiger partial charge in [0.15, 0.2) is 5.78 Å². The Kier molecular flexibility index (Phi) is 3.74. The molecular formula is C14H10F3NO2. The molecule has 0 unspecified atom stereocenters. The van der Waals surface area contributed by atoms with Crippen molar-refractivity contribution in [2.24, 2.45) is 0 Å². The first-order valence-corrected chi connectivity index (χ1v) is 5.63. The number of benzene rings is 1. The molecule has 0 spiro atoms. The van der Waals surface area contributed by atoms with E-state index in [1.54, 1.807) is 0 Å². The Bertz CT molecular complexity index is 638. The maximum atomic E-state index is 12.9. The third kappa shape index (κ3) is 2.79. The van der Waals surface area contributed by atoms with E-state index >= 15 is 0 Å². The standard InChI is InChI=1S/C14H10F3NO2/c1-20-10-6-9(7-18-8-10)13(19)11-4-2-3-5-12(11)14(15,16)17/h2-8H,1H3. The number of halogens is 3. The van der Waals surface area contributed by atoms with Gasteiger partial charge >= 0.3 is 6.18 Å². The van der Waals surface area contributed by atoms with Crippen LogP contribution in [-0.4, -0.2) is 17.9 Å². The summed E-state index contributed by atoms with van der Waals surface area (Å²) in [6.45, 7) is 0. The van der Waals surface area contributed by atoms with Crippen molar-refractivity contribution in [3.63, 3.8) is 0 Å². The number of alkyl halides is 3. The third-order valence-corrected chi connectivity index (χ3v) is 2.69. The maximum Gasteiger partial charge on any atom is 0.417 e. The van der Waals surface area contributed by atoms with Crippen LogP contribution in [0.1, 0.15) is 21.5 Å². The highest BCUT2D eigenvalue weighted by Crippen LogP contribution is 2.32. The van der Waals surface area contributed by atoms with E-state index in [1.807, 2.05) is 0 Å².